The van der Waals surface area contributed by atoms with Gasteiger partial charge in [-0.15, -0.1) is 0 Å². The molecule has 1 rings (SSSR count). The van der Waals surface area contributed by atoms with E-state index >= 15 is 0 Å². The van der Waals surface area contributed by atoms with Gasteiger partial charge in [0.2, 0.25) is 0 Å². The number of rotatable bonds is 8. The second kappa shape index (κ2) is 7.60. The highest BCUT2D eigenvalue weighted by Gasteiger charge is 2.25. The first-order valence-electron chi connectivity index (χ1n) is 8.44. The van der Waals surface area contributed by atoms with Gasteiger partial charge in [-0.3, -0.25) is 0 Å². The lowest BCUT2D eigenvalue weighted by atomic mass is 10.4. The molecule has 0 aliphatic rings. The predicted octanol–water partition coefficient (Wildman–Crippen LogP) is 5.12. The summed E-state index contributed by atoms with van der Waals surface area (Å²) in [6.45, 7) is 14.7. The second-order valence-electron chi connectivity index (χ2n) is 7.55. The van der Waals surface area contributed by atoms with Gasteiger partial charge < -0.3 is 0 Å². The molecule has 0 fully saturated rings. The molecule has 0 aliphatic heterocycles. The zero-order valence-corrected chi connectivity index (χ0v) is 16.6. The van der Waals surface area contributed by atoms with E-state index in [0.29, 0.717) is 0 Å². The predicted molar refractivity (Wildman–Crippen MR) is 100 cm³/mol. The van der Waals surface area contributed by atoms with Gasteiger partial charge in [-0.2, -0.15) is 0 Å². The van der Waals surface area contributed by atoms with Gasteiger partial charge in [-0.25, -0.2) is 0 Å². The van der Waals surface area contributed by atoms with Crippen molar-refractivity contribution in [1.29, 1.82) is 0 Å². The van der Waals surface area contributed by atoms with Crippen LogP contribution in [0.4, 0.5) is 0 Å². The molecule has 0 aliphatic carbocycles. The van der Waals surface area contributed by atoms with Crippen LogP contribution in [0.3, 0.4) is 0 Å². The zero-order chi connectivity index (χ0) is 15.2. The molecule has 0 N–H and O–H groups in total. The molecule has 0 heterocycles. The number of benzene rings is 1. The topological polar surface area (TPSA) is 0 Å². The van der Waals surface area contributed by atoms with Gasteiger partial charge in [0.05, 0.1) is 16.1 Å². The van der Waals surface area contributed by atoms with Crippen LogP contribution in [0.5, 0.6) is 0 Å². The van der Waals surface area contributed by atoms with Gasteiger partial charge in [-0.05, 0) is 0 Å². The SMILES string of the molecule is CCCC[Si](C)(C)c1ccc([Si](C)(C)CCCC)cc1. The Bertz CT molecular complexity index is 351. The van der Waals surface area contributed by atoms with Gasteiger partial charge in [0.15, 0.2) is 0 Å². The third kappa shape index (κ3) is 4.89. The molecule has 0 bridgehead atoms. The Labute approximate surface area is 129 Å². The van der Waals surface area contributed by atoms with Gasteiger partial charge in [-0.1, -0.05) is 112 Å². The van der Waals surface area contributed by atoms with E-state index in [1.807, 2.05) is 0 Å². The van der Waals surface area contributed by atoms with Crippen LogP contribution in [0.25, 0.3) is 0 Å². The van der Waals surface area contributed by atoms with E-state index in [1.54, 1.807) is 10.4 Å². The van der Waals surface area contributed by atoms with E-state index < -0.39 is 16.1 Å². The molecular formula is C18H34Si2. The van der Waals surface area contributed by atoms with Crippen molar-refractivity contribution < 1.29 is 0 Å². The Hall–Kier alpha value is -0.346. The van der Waals surface area contributed by atoms with E-state index in [9.17, 15) is 0 Å². The quantitative estimate of drug-likeness (QED) is 0.585. The highest BCUT2D eigenvalue weighted by Crippen LogP contribution is 2.16. The van der Waals surface area contributed by atoms with E-state index in [4.69, 9.17) is 0 Å². The summed E-state index contributed by atoms with van der Waals surface area (Å²) in [6.07, 6.45) is 5.42. The van der Waals surface area contributed by atoms with Crippen molar-refractivity contribution in [2.45, 2.75) is 77.8 Å². The first kappa shape index (κ1) is 17.7. The fourth-order valence-electron chi connectivity index (χ4n) is 2.90. The molecule has 0 saturated heterocycles. The van der Waals surface area contributed by atoms with Crippen molar-refractivity contribution in [1.82, 2.24) is 0 Å². The summed E-state index contributed by atoms with van der Waals surface area (Å²) in [4.78, 5) is 0. The molecule has 0 saturated carbocycles. The summed E-state index contributed by atoms with van der Waals surface area (Å²) in [7, 11) is -2.38. The van der Waals surface area contributed by atoms with Crippen molar-refractivity contribution in [3.8, 4) is 0 Å². The maximum Gasteiger partial charge on any atom is 0.0806 e. The van der Waals surface area contributed by atoms with Crippen LogP contribution in [-0.4, -0.2) is 16.1 Å². The largest absolute Gasteiger partial charge is 0.0806 e. The number of hydrogen-bond acceptors (Lipinski definition) is 0. The molecule has 1 aromatic rings. The van der Waals surface area contributed by atoms with Crippen LogP contribution < -0.4 is 10.4 Å². The molecule has 0 unspecified atom stereocenters. The minimum atomic E-state index is -1.19. The molecule has 114 valence electrons. The lowest BCUT2D eigenvalue weighted by Gasteiger charge is -2.26. The smallest absolute Gasteiger partial charge is 0.0654 e. The third-order valence-electron chi connectivity index (χ3n) is 4.76. The summed E-state index contributed by atoms with van der Waals surface area (Å²) in [5.41, 5.74) is 0. The Morgan fingerprint density at radius 3 is 1.20 bits per heavy atom. The maximum atomic E-state index is 2.53. The maximum absolute atomic E-state index is 2.53. The van der Waals surface area contributed by atoms with Crippen molar-refractivity contribution in [2.24, 2.45) is 0 Å². The first-order chi connectivity index (χ1) is 9.33. The molecule has 0 nitrogen and oxygen atoms in total. The summed E-state index contributed by atoms with van der Waals surface area (Å²) in [6, 6.07) is 12.7. The van der Waals surface area contributed by atoms with Crippen LogP contribution >= 0.6 is 0 Å². The minimum Gasteiger partial charge on any atom is -0.0654 e. The van der Waals surface area contributed by atoms with Gasteiger partial charge >= 0.3 is 0 Å². The molecule has 0 amide bonds. The highest BCUT2D eigenvalue weighted by molar-refractivity contribution is 6.91. The Kier molecular flexibility index (Phi) is 6.73. The molecule has 0 radical (unpaired) electrons. The monoisotopic (exact) mass is 306 g/mol. The highest BCUT2D eigenvalue weighted by atomic mass is 28.3. The van der Waals surface area contributed by atoms with Crippen LogP contribution in [0, 0.1) is 0 Å². The van der Waals surface area contributed by atoms with E-state index in [1.165, 1.54) is 37.8 Å². The second-order valence-corrected chi connectivity index (χ2v) is 17.2. The Morgan fingerprint density at radius 1 is 0.650 bits per heavy atom. The Morgan fingerprint density at radius 2 is 0.950 bits per heavy atom. The van der Waals surface area contributed by atoms with E-state index in [2.05, 4.69) is 64.3 Å². The molecule has 1 aromatic carbocycles. The summed E-state index contributed by atoms with van der Waals surface area (Å²) in [5.74, 6) is 0. The van der Waals surface area contributed by atoms with E-state index in [0.717, 1.165) is 0 Å². The fraction of sp³-hybridized carbons (Fsp3) is 0.667. The van der Waals surface area contributed by atoms with Crippen molar-refractivity contribution >= 4 is 26.5 Å². The normalized spacial score (nSPS) is 12.7. The first-order valence-corrected chi connectivity index (χ1v) is 14.9. The van der Waals surface area contributed by atoms with Gasteiger partial charge in [0.1, 0.15) is 0 Å². The molecule has 0 atom stereocenters. The summed E-state index contributed by atoms with van der Waals surface area (Å²) < 4.78 is 0. The van der Waals surface area contributed by atoms with Crippen molar-refractivity contribution in [3.63, 3.8) is 0 Å². The minimum absolute atomic E-state index is 1.19. The van der Waals surface area contributed by atoms with Crippen LogP contribution in [0.1, 0.15) is 39.5 Å². The lowest BCUT2D eigenvalue weighted by Crippen LogP contribution is -2.45. The average Bonchev–Trinajstić information content (AvgIpc) is 2.43. The van der Waals surface area contributed by atoms with Gasteiger partial charge in [0, 0.05) is 0 Å². The van der Waals surface area contributed by atoms with Crippen LogP contribution in [0.2, 0.25) is 38.3 Å². The van der Waals surface area contributed by atoms with Crippen molar-refractivity contribution in [2.75, 3.05) is 0 Å². The third-order valence-corrected chi connectivity index (χ3v) is 11.8. The van der Waals surface area contributed by atoms with Crippen LogP contribution in [-0.2, 0) is 0 Å². The standard InChI is InChI=1S/C18H34Si2/c1-7-9-15-19(3,4)17-11-13-18(14-12-17)20(5,6)16-10-8-2/h11-14H,7-10,15-16H2,1-6H3. The zero-order valence-electron chi connectivity index (χ0n) is 14.6. The van der Waals surface area contributed by atoms with Crippen LogP contribution in [0.15, 0.2) is 24.3 Å². The molecule has 0 spiro atoms. The molecule has 20 heavy (non-hydrogen) atoms. The van der Waals surface area contributed by atoms with Gasteiger partial charge in [0.25, 0.3) is 0 Å². The summed E-state index contributed by atoms with van der Waals surface area (Å²) in [5, 5.41) is 3.30. The Balaban J connectivity index is 2.82. The summed E-state index contributed by atoms with van der Waals surface area (Å²) >= 11 is 0. The van der Waals surface area contributed by atoms with Crippen molar-refractivity contribution in [3.05, 3.63) is 24.3 Å². The lowest BCUT2D eigenvalue weighted by molar-refractivity contribution is 0.870. The number of hydrogen-bond donors (Lipinski definition) is 0. The molecule has 0 aromatic heterocycles. The number of unbranched alkanes of at least 4 members (excludes halogenated alkanes) is 2. The van der Waals surface area contributed by atoms with E-state index in [-0.39, 0.29) is 0 Å². The fourth-order valence-corrected chi connectivity index (χ4v) is 8.09. The molecular weight excluding hydrogens is 272 g/mol. The average molecular weight is 307 g/mol. The molecule has 2 heteroatoms.